The minimum absolute atomic E-state index is 0.0228. The van der Waals surface area contributed by atoms with Crippen LogP contribution in [0.15, 0.2) is 71.4 Å². The monoisotopic (exact) mass is 706 g/mol. The molecular weight excluding hydrogens is 656 g/mol. The van der Waals surface area contributed by atoms with Crippen molar-refractivity contribution in [2.24, 2.45) is 11.8 Å². The van der Waals surface area contributed by atoms with Crippen molar-refractivity contribution in [1.29, 1.82) is 0 Å². The summed E-state index contributed by atoms with van der Waals surface area (Å²) in [6.07, 6.45) is 5.90. The number of nitrogens with zero attached hydrogens (tertiary/aromatic N) is 2. The summed E-state index contributed by atoms with van der Waals surface area (Å²) in [6.45, 7) is 13.6. The van der Waals surface area contributed by atoms with Gasteiger partial charge in [-0.05, 0) is 64.2 Å². The minimum atomic E-state index is -0.989. The highest BCUT2D eigenvalue weighted by molar-refractivity contribution is 5.95. The van der Waals surface area contributed by atoms with Gasteiger partial charge in [-0.2, -0.15) is 0 Å². The van der Waals surface area contributed by atoms with Gasteiger partial charge in [0.05, 0.1) is 19.1 Å². The summed E-state index contributed by atoms with van der Waals surface area (Å²) in [7, 11) is 0. The summed E-state index contributed by atoms with van der Waals surface area (Å²) in [5.41, 5.74) is 2.34. The molecule has 1 aromatic carbocycles. The predicted molar refractivity (Wildman–Crippen MR) is 191 cm³/mol. The van der Waals surface area contributed by atoms with Crippen molar-refractivity contribution in [2.45, 2.75) is 85.0 Å². The van der Waals surface area contributed by atoms with Gasteiger partial charge in [-0.25, -0.2) is 14.6 Å². The maximum atomic E-state index is 13.7. The fourth-order valence-electron chi connectivity index (χ4n) is 5.63. The lowest BCUT2D eigenvalue weighted by atomic mass is 9.90. The topological polar surface area (TPSA) is 177 Å². The van der Waals surface area contributed by atoms with E-state index in [9.17, 15) is 29.1 Å². The van der Waals surface area contributed by atoms with E-state index < -0.39 is 42.1 Å². The molecule has 0 saturated carbocycles. The Morgan fingerprint density at radius 2 is 1.90 bits per heavy atom. The molecule has 2 aromatic rings. The Morgan fingerprint density at radius 3 is 2.59 bits per heavy atom. The number of hydrogen-bond acceptors (Lipinski definition) is 10. The molecule has 1 aliphatic heterocycles. The van der Waals surface area contributed by atoms with Crippen molar-refractivity contribution < 1.29 is 43.0 Å². The zero-order valence-electron chi connectivity index (χ0n) is 30.1. The van der Waals surface area contributed by atoms with E-state index in [2.05, 4.69) is 22.2 Å². The number of nitrogens with one attached hydrogen (secondary N) is 2. The molecule has 13 nitrogen and oxygen atoms in total. The molecule has 5 atom stereocenters. The van der Waals surface area contributed by atoms with Crippen LogP contribution < -0.4 is 10.6 Å². The van der Waals surface area contributed by atoms with Crippen LogP contribution in [-0.4, -0.2) is 82.6 Å². The molecule has 0 spiro atoms. The second kappa shape index (κ2) is 20.0. The lowest BCUT2D eigenvalue weighted by Crippen LogP contribution is -2.44. The van der Waals surface area contributed by atoms with Crippen LogP contribution in [0, 0.1) is 18.8 Å². The lowest BCUT2D eigenvalue weighted by molar-refractivity contribution is -0.158. The number of rotatable bonds is 18. The Kier molecular flexibility index (Phi) is 15.8. The van der Waals surface area contributed by atoms with Crippen LogP contribution in [0.2, 0.25) is 0 Å². The number of hydrogen-bond donors (Lipinski definition) is 3. The number of oxazole rings is 1. The molecule has 1 saturated heterocycles. The SMILES string of the molecule is C=C/C(C)=C/[C@@H](O)CC(=O)Cc1nc(C(=O)N2CCC[C@@H]2C(=O)O[C@@H]([C@H](C)/C=C/C(=O)NCC)[C@H](C)CCOC(=O)Nc2ccc(C)cc2)co1. The van der Waals surface area contributed by atoms with E-state index in [1.165, 1.54) is 17.1 Å². The van der Waals surface area contributed by atoms with E-state index in [-0.39, 0.29) is 55.2 Å². The van der Waals surface area contributed by atoms with Crippen molar-refractivity contribution in [3.8, 4) is 0 Å². The van der Waals surface area contributed by atoms with Gasteiger partial charge in [0.1, 0.15) is 24.2 Å². The lowest BCUT2D eigenvalue weighted by Gasteiger charge is -2.31. The summed E-state index contributed by atoms with van der Waals surface area (Å²) in [6, 6.07) is 6.40. The van der Waals surface area contributed by atoms with Crippen molar-refractivity contribution >= 4 is 35.3 Å². The number of ketones is 1. The van der Waals surface area contributed by atoms with E-state index in [0.717, 1.165) is 17.4 Å². The molecule has 1 aliphatic rings. The summed E-state index contributed by atoms with van der Waals surface area (Å²) in [5, 5.41) is 15.5. The number of ether oxygens (including phenoxy) is 2. The molecule has 0 bridgehead atoms. The number of carbonyl (C=O) groups excluding carboxylic acids is 5. The Labute approximate surface area is 299 Å². The highest BCUT2D eigenvalue weighted by Crippen LogP contribution is 2.27. The van der Waals surface area contributed by atoms with E-state index >= 15 is 0 Å². The molecule has 51 heavy (non-hydrogen) atoms. The fourth-order valence-corrected chi connectivity index (χ4v) is 5.63. The molecule has 0 aliphatic carbocycles. The van der Waals surface area contributed by atoms with E-state index in [0.29, 0.717) is 31.5 Å². The summed E-state index contributed by atoms with van der Waals surface area (Å²) >= 11 is 0. The number of esters is 1. The number of likely N-dealkylation sites (tertiary alicyclic amines) is 1. The van der Waals surface area contributed by atoms with Gasteiger partial charge in [0.2, 0.25) is 11.8 Å². The van der Waals surface area contributed by atoms with Crippen LogP contribution in [0.25, 0.3) is 0 Å². The second-order valence-electron chi connectivity index (χ2n) is 12.8. The Balaban J connectivity index is 1.65. The number of allylic oxidation sites excluding steroid dienone is 2. The number of benzene rings is 1. The molecule has 1 aromatic heterocycles. The van der Waals surface area contributed by atoms with Gasteiger partial charge in [0, 0.05) is 31.1 Å². The molecule has 1 fully saturated rings. The first kappa shape index (κ1) is 40.4. The first-order valence-corrected chi connectivity index (χ1v) is 17.2. The fraction of sp³-hybridized carbons (Fsp3) is 0.474. The third-order valence-corrected chi connectivity index (χ3v) is 8.46. The summed E-state index contributed by atoms with van der Waals surface area (Å²) < 4.78 is 16.8. The zero-order chi connectivity index (χ0) is 37.5. The van der Waals surface area contributed by atoms with Crippen molar-refractivity contribution in [1.82, 2.24) is 15.2 Å². The number of Topliss-reactive ketones (excluding diaryl/α,β-unsaturated/α-hetero) is 1. The third-order valence-electron chi connectivity index (χ3n) is 8.46. The number of aliphatic hydroxyl groups is 1. The minimum Gasteiger partial charge on any atom is -0.460 e. The molecule has 3 amide bonds. The summed E-state index contributed by atoms with van der Waals surface area (Å²) in [4.78, 5) is 69.7. The molecule has 0 radical (unpaired) electrons. The van der Waals surface area contributed by atoms with Crippen molar-refractivity contribution in [3.05, 3.63) is 84.1 Å². The maximum absolute atomic E-state index is 13.7. The first-order valence-electron chi connectivity index (χ1n) is 17.2. The van der Waals surface area contributed by atoms with Crippen LogP contribution >= 0.6 is 0 Å². The van der Waals surface area contributed by atoms with Crippen LogP contribution in [-0.2, 0) is 30.3 Å². The van der Waals surface area contributed by atoms with Gasteiger partial charge in [-0.15, -0.1) is 0 Å². The molecular formula is C38H50N4O9. The van der Waals surface area contributed by atoms with Gasteiger partial charge in [-0.3, -0.25) is 19.7 Å². The first-order chi connectivity index (χ1) is 24.3. The van der Waals surface area contributed by atoms with Crippen molar-refractivity contribution in [2.75, 3.05) is 25.0 Å². The average Bonchev–Trinajstić information content (AvgIpc) is 3.77. The molecule has 2 heterocycles. The normalized spacial score (nSPS) is 16.9. The Hall–Kier alpha value is -5.04. The smallest absolute Gasteiger partial charge is 0.411 e. The molecule has 0 unspecified atom stereocenters. The number of carbonyl (C=O) groups is 5. The Morgan fingerprint density at radius 1 is 1.18 bits per heavy atom. The quantitative estimate of drug-likeness (QED) is 0.107. The number of aryl methyl sites for hydroxylation is 1. The van der Waals surface area contributed by atoms with Crippen molar-refractivity contribution in [3.63, 3.8) is 0 Å². The van der Waals surface area contributed by atoms with Gasteiger partial charge in [0.25, 0.3) is 5.91 Å². The standard InChI is InChI=1S/C38H50N4O9/c1-7-24(3)20-29(43)21-30(44)22-34-41-31(23-50-34)36(46)42-18-9-10-32(42)37(47)51-35(26(5)13-16-33(45)39-8-2)27(6)17-19-49-38(48)40-28-14-11-25(4)12-15-28/h7,11-16,20,23,26-27,29,32,35,43H,1,8-10,17-19,21-22H2,2-6H3,(H,39,45)(H,40,48)/b16-13+,24-20+/t26-,27-,29-,32-,35+/m1/s1. The number of anilines is 1. The molecule has 276 valence electrons. The van der Waals surface area contributed by atoms with Crippen LogP contribution in [0.3, 0.4) is 0 Å². The number of amides is 3. The van der Waals surface area contributed by atoms with E-state index in [4.69, 9.17) is 13.9 Å². The number of aliphatic hydroxyl groups excluding tert-OH is 1. The highest BCUT2D eigenvalue weighted by atomic mass is 16.6. The van der Waals surface area contributed by atoms with Gasteiger partial charge in [0.15, 0.2) is 5.69 Å². The second-order valence-corrected chi connectivity index (χ2v) is 12.8. The van der Waals surface area contributed by atoms with Crippen LogP contribution in [0.4, 0.5) is 10.5 Å². The predicted octanol–water partition coefficient (Wildman–Crippen LogP) is 5.10. The maximum Gasteiger partial charge on any atom is 0.411 e. The van der Waals surface area contributed by atoms with Gasteiger partial charge < -0.3 is 29.2 Å². The Bertz CT molecular complexity index is 1580. The van der Waals surface area contributed by atoms with E-state index in [1.807, 2.05) is 39.8 Å². The van der Waals surface area contributed by atoms with Crippen LogP contribution in [0.1, 0.15) is 75.3 Å². The number of aromatic nitrogens is 1. The van der Waals surface area contributed by atoms with Gasteiger partial charge >= 0.3 is 12.1 Å². The summed E-state index contributed by atoms with van der Waals surface area (Å²) in [5.74, 6) is -2.43. The number of likely N-dealkylation sites (N-methyl/N-ethyl adjacent to an activating group) is 1. The average molecular weight is 707 g/mol. The molecule has 3 N–H and O–H groups in total. The zero-order valence-corrected chi connectivity index (χ0v) is 30.1. The van der Waals surface area contributed by atoms with Crippen LogP contribution in [0.5, 0.6) is 0 Å². The van der Waals surface area contributed by atoms with Gasteiger partial charge in [-0.1, -0.05) is 61.9 Å². The largest absolute Gasteiger partial charge is 0.460 e. The highest BCUT2D eigenvalue weighted by Gasteiger charge is 2.39. The molecule has 3 rings (SSSR count). The molecule has 13 heteroatoms. The van der Waals surface area contributed by atoms with E-state index in [1.54, 1.807) is 31.2 Å². The third kappa shape index (κ3) is 13.0.